The third kappa shape index (κ3) is 2.23. The maximum Gasteiger partial charge on any atom is 0.0177 e. The number of rotatable bonds is 3. The monoisotopic (exact) mass is 356 g/mol. The van der Waals surface area contributed by atoms with Gasteiger partial charge in [0.15, 0.2) is 0 Å². The summed E-state index contributed by atoms with van der Waals surface area (Å²) in [7, 11) is 0. The van der Waals surface area contributed by atoms with Crippen LogP contribution in [-0.4, -0.2) is 5.33 Å². The van der Waals surface area contributed by atoms with E-state index in [0.717, 1.165) is 11.8 Å². The van der Waals surface area contributed by atoms with Crippen LogP contribution >= 0.6 is 31.9 Å². The van der Waals surface area contributed by atoms with Crippen molar-refractivity contribution in [3.8, 4) is 0 Å². The lowest BCUT2D eigenvalue weighted by molar-refractivity contribution is 0.197. The number of hydrogen-bond donors (Lipinski definition) is 0. The number of alkyl halides is 1. The molecule has 0 aliphatic heterocycles. The highest BCUT2D eigenvalue weighted by Gasteiger charge is 2.49. The molecule has 0 amide bonds. The second kappa shape index (κ2) is 4.70. The molecule has 3 rings (SSSR count). The van der Waals surface area contributed by atoms with Gasteiger partial charge in [0, 0.05) is 9.80 Å². The zero-order chi connectivity index (χ0) is 11.9. The Labute approximate surface area is 120 Å². The molecule has 0 nitrogen and oxygen atoms in total. The lowest BCUT2D eigenvalue weighted by atomic mass is 9.71. The summed E-state index contributed by atoms with van der Waals surface area (Å²) >= 11 is 7.38. The average molecular weight is 358 g/mol. The Balaban J connectivity index is 1.83. The molecule has 0 heterocycles. The minimum absolute atomic E-state index is 0.545. The summed E-state index contributed by atoms with van der Waals surface area (Å²) in [4.78, 5) is 0. The fraction of sp³-hybridized carbons (Fsp3) is 0.600. The fourth-order valence-corrected chi connectivity index (χ4v) is 5.37. The topological polar surface area (TPSA) is 0 Å². The SMILES string of the molecule is BrCC1(Cc2cccc(Br)c2)CC2CCC1C2. The normalized spacial score (nSPS) is 35.4. The molecule has 1 aromatic rings. The fourth-order valence-electron chi connectivity index (χ4n) is 4.04. The van der Waals surface area contributed by atoms with Crippen LogP contribution in [0.25, 0.3) is 0 Å². The van der Waals surface area contributed by atoms with Gasteiger partial charge >= 0.3 is 0 Å². The van der Waals surface area contributed by atoms with Crippen molar-refractivity contribution in [2.24, 2.45) is 17.3 Å². The van der Waals surface area contributed by atoms with Crippen LogP contribution in [-0.2, 0) is 6.42 Å². The highest BCUT2D eigenvalue weighted by atomic mass is 79.9. The van der Waals surface area contributed by atoms with E-state index < -0.39 is 0 Å². The molecule has 3 unspecified atom stereocenters. The van der Waals surface area contributed by atoms with Gasteiger partial charge in [-0.25, -0.2) is 0 Å². The molecule has 0 spiro atoms. The highest BCUT2D eigenvalue weighted by molar-refractivity contribution is 9.10. The second-order valence-electron chi connectivity index (χ2n) is 5.88. The van der Waals surface area contributed by atoms with Crippen molar-refractivity contribution in [3.63, 3.8) is 0 Å². The Kier molecular flexibility index (Phi) is 3.38. The van der Waals surface area contributed by atoms with Gasteiger partial charge in [-0.05, 0) is 60.6 Å². The van der Waals surface area contributed by atoms with E-state index in [9.17, 15) is 0 Å². The smallest absolute Gasteiger partial charge is 0.0177 e. The molecule has 2 aliphatic rings. The largest absolute Gasteiger partial charge is 0.0922 e. The molecule has 17 heavy (non-hydrogen) atoms. The van der Waals surface area contributed by atoms with Crippen molar-refractivity contribution in [2.75, 3.05) is 5.33 Å². The molecule has 0 N–H and O–H groups in total. The molecule has 1 aromatic carbocycles. The Hall–Kier alpha value is 0.180. The Morgan fingerprint density at radius 1 is 1.29 bits per heavy atom. The van der Waals surface area contributed by atoms with Gasteiger partial charge in [0.25, 0.3) is 0 Å². The Morgan fingerprint density at radius 3 is 2.76 bits per heavy atom. The summed E-state index contributed by atoms with van der Waals surface area (Å²) in [5.41, 5.74) is 2.04. The van der Waals surface area contributed by atoms with E-state index in [4.69, 9.17) is 0 Å². The average Bonchev–Trinajstić information content (AvgIpc) is 2.89. The maximum atomic E-state index is 3.80. The summed E-state index contributed by atoms with van der Waals surface area (Å²) in [6.07, 6.45) is 7.12. The van der Waals surface area contributed by atoms with E-state index in [0.29, 0.717) is 5.41 Å². The van der Waals surface area contributed by atoms with Gasteiger partial charge in [-0.2, -0.15) is 0 Å². The number of fused-ring (bicyclic) bond motifs is 2. The Morgan fingerprint density at radius 2 is 2.18 bits per heavy atom. The minimum atomic E-state index is 0.545. The van der Waals surface area contributed by atoms with Crippen molar-refractivity contribution < 1.29 is 0 Å². The summed E-state index contributed by atoms with van der Waals surface area (Å²) < 4.78 is 1.21. The molecular formula is C15H18Br2. The second-order valence-corrected chi connectivity index (χ2v) is 7.36. The molecule has 2 heteroatoms. The van der Waals surface area contributed by atoms with Crippen molar-refractivity contribution >= 4 is 31.9 Å². The summed E-state index contributed by atoms with van der Waals surface area (Å²) in [6, 6.07) is 8.84. The van der Waals surface area contributed by atoms with Gasteiger partial charge < -0.3 is 0 Å². The van der Waals surface area contributed by atoms with Gasteiger partial charge in [0.1, 0.15) is 0 Å². The molecule has 0 radical (unpaired) electrons. The van der Waals surface area contributed by atoms with E-state index in [1.807, 2.05) is 0 Å². The quantitative estimate of drug-likeness (QED) is 0.652. The first-order valence-electron chi connectivity index (χ1n) is 6.52. The molecular weight excluding hydrogens is 340 g/mol. The highest BCUT2D eigenvalue weighted by Crippen LogP contribution is 2.58. The lowest BCUT2D eigenvalue weighted by Crippen LogP contribution is -2.32. The molecule has 2 fully saturated rings. The van der Waals surface area contributed by atoms with Gasteiger partial charge in [0.2, 0.25) is 0 Å². The molecule has 2 aliphatic carbocycles. The van der Waals surface area contributed by atoms with E-state index in [-0.39, 0.29) is 0 Å². The first kappa shape index (κ1) is 12.2. The molecule has 2 bridgehead atoms. The van der Waals surface area contributed by atoms with Crippen molar-refractivity contribution in [3.05, 3.63) is 34.3 Å². The van der Waals surface area contributed by atoms with E-state index >= 15 is 0 Å². The summed E-state index contributed by atoms with van der Waals surface area (Å²) in [6.45, 7) is 0. The standard InChI is InChI=1S/C15H18Br2/c16-10-15(9-12-4-5-13(15)6-12)8-11-2-1-3-14(17)7-11/h1-3,7,12-13H,4-6,8-10H2. The van der Waals surface area contributed by atoms with E-state index in [1.165, 1.54) is 47.5 Å². The first-order chi connectivity index (χ1) is 8.22. The van der Waals surface area contributed by atoms with E-state index in [2.05, 4.69) is 56.1 Å². The van der Waals surface area contributed by atoms with Gasteiger partial charge in [-0.1, -0.05) is 50.4 Å². The molecule has 0 saturated heterocycles. The van der Waals surface area contributed by atoms with Crippen LogP contribution in [0.2, 0.25) is 0 Å². The number of benzene rings is 1. The van der Waals surface area contributed by atoms with Crippen LogP contribution in [0.4, 0.5) is 0 Å². The number of hydrogen-bond acceptors (Lipinski definition) is 0. The van der Waals surface area contributed by atoms with Crippen molar-refractivity contribution in [1.82, 2.24) is 0 Å². The summed E-state index contributed by atoms with van der Waals surface area (Å²) in [5, 5.41) is 1.17. The molecule has 2 saturated carbocycles. The summed E-state index contributed by atoms with van der Waals surface area (Å²) in [5.74, 6) is 1.98. The minimum Gasteiger partial charge on any atom is -0.0922 e. The van der Waals surface area contributed by atoms with Crippen LogP contribution in [0.1, 0.15) is 31.2 Å². The van der Waals surface area contributed by atoms with Crippen LogP contribution < -0.4 is 0 Å². The molecule has 3 atom stereocenters. The molecule has 0 aromatic heterocycles. The van der Waals surface area contributed by atoms with Gasteiger partial charge in [-0.15, -0.1) is 0 Å². The van der Waals surface area contributed by atoms with Crippen LogP contribution in [0.3, 0.4) is 0 Å². The third-order valence-electron chi connectivity index (χ3n) is 4.81. The predicted octanol–water partition coefficient (Wildman–Crippen LogP) is 5.19. The van der Waals surface area contributed by atoms with Crippen molar-refractivity contribution in [1.29, 1.82) is 0 Å². The number of halogens is 2. The van der Waals surface area contributed by atoms with Crippen LogP contribution in [0.5, 0.6) is 0 Å². The lowest BCUT2D eigenvalue weighted by Gasteiger charge is -2.36. The third-order valence-corrected chi connectivity index (χ3v) is 6.42. The predicted molar refractivity (Wildman–Crippen MR) is 79.5 cm³/mol. The Bertz CT molecular complexity index is 415. The van der Waals surface area contributed by atoms with Crippen LogP contribution in [0.15, 0.2) is 28.7 Å². The molecule has 92 valence electrons. The van der Waals surface area contributed by atoms with E-state index in [1.54, 1.807) is 0 Å². The maximum absolute atomic E-state index is 3.80. The zero-order valence-corrected chi connectivity index (χ0v) is 13.1. The van der Waals surface area contributed by atoms with Gasteiger partial charge in [0.05, 0.1) is 0 Å². The zero-order valence-electron chi connectivity index (χ0n) is 9.96. The van der Waals surface area contributed by atoms with Crippen molar-refractivity contribution in [2.45, 2.75) is 32.1 Å². The first-order valence-corrected chi connectivity index (χ1v) is 8.44. The van der Waals surface area contributed by atoms with Crippen LogP contribution in [0, 0.1) is 17.3 Å². The van der Waals surface area contributed by atoms with Gasteiger partial charge in [-0.3, -0.25) is 0 Å².